The minimum Gasteiger partial charge on any atom is -0.459 e. The molecule has 2 aromatic rings. The Hall–Kier alpha value is -2.50. The number of pyridine rings is 2. The molecule has 1 amide bonds. The molecule has 9 nitrogen and oxygen atoms in total. The zero-order valence-electron chi connectivity index (χ0n) is 18.2. The quantitative estimate of drug-likeness (QED) is 0.627. The third-order valence-electron chi connectivity index (χ3n) is 6.04. The Morgan fingerprint density at radius 1 is 1.30 bits per heavy atom. The van der Waals surface area contributed by atoms with E-state index in [4.69, 9.17) is 21.5 Å². The van der Waals surface area contributed by atoms with Crippen molar-refractivity contribution >= 4 is 33.3 Å². The molecule has 2 aliphatic rings. The van der Waals surface area contributed by atoms with Crippen LogP contribution >= 0.6 is 11.6 Å². The van der Waals surface area contributed by atoms with E-state index in [0.717, 1.165) is 18.9 Å². The van der Waals surface area contributed by atoms with Crippen molar-refractivity contribution in [2.24, 2.45) is 5.14 Å². The molecule has 3 N–H and O–H groups in total. The van der Waals surface area contributed by atoms with Gasteiger partial charge in [0.15, 0.2) is 11.4 Å². The van der Waals surface area contributed by atoms with Crippen molar-refractivity contribution in [3.63, 3.8) is 0 Å². The van der Waals surface area contributed by atoms with Gasteiger partial charge in [-0.3, -0.25) is 4.79 Å². The number of hydrogen-bond acceptors (Lipinski definition) is 7. The Morgan fingerprint density at radius 2 is 1.97 bits per heavy atom. The van der Waals surface area contributed by atoms with Gasteiger partial charge >= 0.3 is 0 Å². The monoisotopic (exact) mass is 497 g/mol. The molecule has 178 valence electrons. The fraction of sp³-hybridized carbons (Fsp3) is 0.476. The Labute approximate surface area is 196 Å². The van der Waals surface area contributed by atoms with Crippen LogP contribution in [0.15, 0.2) is 35.5 Å². The number of nitrogens with one attached hydrogen (secondary N) is 1. The smallest absolute Gasteiger partial charge is 0.263 e. The molecule has 2 aromatic heterocycles. The maximum absolute atomic E-state index is 14.1. The van der Waals surface area contributed by atoms with Crippen LogP contribution in [0.2, 0.25) is 5.02 Å². The highest BCUT2D eigenvalue weighted by Gasteiger charge is 2.44. The Kier molecular flexibility index (Phi) is 6.23. The van der Waals surface area contributed by atoms with Crippen LogP contribution in [0.4, 0.5) is 10.2 Å². The van der Waals surface area contributed by atoms with Crippen molar-refractivity contribution < 1.29 is 22.3 Å². The number of nitrogens with zero attached hydrogens (tertiary/aromatic N) is 3. The maximum Gasteiger partial charge on any atom is 0.263 e. The third kappa shape index (κ3) is 4.90. The predicted octanol–water partition coefficient (Wildman–Crippen LogP) is 2.39. The number of halogens is 2. The van der Waals surface area contributed by atoms with Crippen molar-refractivity contribution in [1.29, 1.82) is 0 Å². The molecule has 12 heteroatoms. The molecule has 2 fully saturated rings. The van der Waals surface area contributed by atoms with Gasteiger partial charge in [-0.2, -0.15) is 0 Å². The largest absolute Gasteiger partial charge is 0.459 e. The standard InChI is InChI=1S/C21H25ClFN5O4S/c1-21(2,32-19-16(23)8-12(22)11-26-19)20(29)27-13-9-14-5-6-15(10-13)28(14)18-17(33(24,30)31)4-3-7-25-18/h3-4,7-8,11,13-15H,5-6,9-10H2,1-2H3,(H,27,29)(H2,24,30,31)/t13?,14-,15?/m0/s1. The van der Waals surface area contributed by atoms with Crippen molar-refractivity contribution in [1.82, 2.24) is 15.3 Å². The fourth-order valence-corrected chi connectivity index (χ4v) is 5.39. The van der Waals surface area contributed by atoms with Crippen LogP contribution in [0.5, 0.6) is 5.88 Å². The van der Waals surface area contributed by atoms with Gasteiger partial charge in [-0.05, 0) is 57.7 Å². The van der Waals surface area contributed by atoms with Crippen LogP contribution in [-0.4, -0.2) is 48.0 Å². The first-order chi connectivity index (χ1) is 15.5. The highest BCUT2D eigenvalue weighted by Crippen LogP contribution is 2.40. The van der Waals surface area contributed by atoms with Gasteiger partial charge in [0.05, 0.1) is 5.02 Å². The second-order valence-corrected chi connectivity index (χ2v) is 10.8. The number of sulfonamides is 1. The minimum absolute atomic E-state index is 0.00332. The summed E-state index contributed by atoms with van der Waals surface area (Å²) >= 11 is 5.72. The number of piperidine rings is 1. The number of rotatable bonds is 6. The molecule has 4 heterocycles. The van der Waals surface area contributed by atoms with E-state index in [-0.39, 0.29) is 33.9 Å². The SMILES string of the molecule is CC(C)(Oc1ncc(Cl)cc1F)C(=O)NC1CC2CC[C@@H](C1)N2c1ncccc1S(N)(=O)=O. The average molecular weight is 498 g/mol. The van der Waals surface area contributed by atoms with Gasteiger partial charge < -0.3 is 15.0 Å². The van der Waals surface area contributed by atoms with Crippen molar-refractivity contribution in [2.75, 3.05) is 4.90 Å². The van der Waals surface area contributed by atoms with Crippen LogP contribution in [0, 0.1) is 5.82 Å². The number of fused-ring (bicyclic) bond motifs is 2. The Balaban J connectivity index is 1.46. The zero-order valence-corrected chi connectivity index (χ0v) is 19.7. The second-order valence-electron chi connectivity index (χ2n) is 8.86. The van der Waals surface area contributed by atoms with Gasteiger partial charge in [0.1, 0.15) is 10.7 Å². The summed E-state index contributed by atoms with van der Waals surface area (Å²) in [5.41, 5.74) is -1.38. The maximum atomic E-state index is 14.1. The van der Waals surface area contributed by atoms with Gasteiger partial charge in [0.25, 0.3) is 11.8 Å². The second kappa shape index (κ2) is 8.69. The van der Waals surface area contributed by atoms with Crippen molar-refractivity contribution in [3.8, 4) is 5.88 Å². The molecule has 0 radical (unpaired) electrons. The number of aromatic nitrogens is 2. The summed E-state index contributed by atoms with van der Waals surface area (Å²) in [7, 11) is -3.93. The van der Waals surface area contributed by atoms with Crippen LogP contribution in [-0.2, 0) is 14.8 Å². The molecule has 2 bridgehead atoms. The number of hydrogen-bond donors (Lipinski definition) is 2. The number of primary sulfonamides is 1. The van der Waals surface area contributed by atoms with Crippen molar-refractivity contribution in [3.05, 3.63) is 41.4 Å². The molecular formula is C21H25ClFN5O4S. The number of nitrogens with two attached hydrogens (primary N) is 1. The summed E-state index contributed by atoms with van der Waals surface area (Å²) in [5.74, 6) is -1.11. The van der Waals surface area contributed by atoms with E-state index < -0.39 is 27.3 Å². The number of carbonyl (C=O) groups is 1. The first kappa shape index (κ1) is 23.7. The van der Waals surface area contributed by atoms with E-state index in [0.29, 0.717) is 18.7 Å². The molecule has 0 aromatic carbocycles. The van der Waals surface area contributed by atoms with Gasteiger partial charge in [-0.1, -0.05) is 11.6 Å². The molecule has 0 saturated carbocycles. The van der Waals surface area contributed by atoms with E-state index in [1.54, 1.807) is 12.3 Å². The van der Waals surface area contributed by atoms with Gasteiger partial charge in [-0.15, -0.1) is 0 Å². The Morgan fingerprint density at radius 3 is 2.58 bits per heavy atom. The summed E-state index contributed by atoms with van der Waals surface area (Å²) in [6.07, 6.45) is 5.68. The highest BCUT2D eigenvalue weighted by atomic mass is 35.5. The molecule has 33 heavy (non-hydrogen) atoms. The summed E-state index contributed by atoms with van der Waals surface area (Å²) in [6, 6.07) is 3.91. The zero-order chi connectivity index (χ0) is 24.0. The number of ether oxygens (including phenoxy) is 1. The average Bonchev–Trinajstić information content (AvgIpc) is 2.99. The molecule has 0 aliphatic carbocycles. The summed E-state index contributed by atoms with van der Waals surface area (Å²) in [4.78, 5) is 23.1. The molecule has 2 saturated heterocycles. The minimum atomic E-state index is -3.93. The van der Waals surface area contributed by atoms with E-state index in [1.807, 2.05) is 4.90 Å². The van der Waals surface area contributed by atoms with E-state index in [9.17, 15) is 17.6 Å². The topological polar surface area (TPSA) is 128 Å². The molecule has 2 unspecified atom stereocenters. The number of amides is 1. The summed E-state index contributed by atoms with van der Waals surface area (Å²) in [5, 5.41) is 8.52. The third-order valence-corrected chi connectivity index (χ3v) is 7.18. The van der Waals surface area contributed by atoms with Gasteiger partial charge in [-0.25, -0.2) is 27.9 Å². The number of carbonyl (C=O) groups excluding carboxylic acids is 1. The van der Waals surface area contributed by atoms with E-state index in [1.165, 1.54) is 26.1 Å². The normalized spacial score (nSPS) is 22.8. The highest BCUT2D eigenvalue weighted by molar-refractivity contribution is 7.89. The summed E-state index contributed by atoms with van der Waals surface area (Å²) < 4.78 is 43.7. The number of anilines is 1. The first-order valence-corrected chi connectivity index (χ1v) is 12.5. The molecule has 2 aliphatic heterocycles. The predicted molar refractivity (Wildman–Crippen MR) is 120 cm³/mol. The molecule has 4 rings (SSSR count). The lowest BCUT2D eigenvalue weighted by Gasteiger charge is -2.41. The molecular weight excluding hydrogens is 473 g/mol. The Bertz CT molecular complexity index is 1160. The van der Waals surface area contributed by atoms with E-state index in [2.05, 4.69) is 15.3 Å². The lowest BCUT2D eigenvalue weighted by atomic mass is 9.96. The van der Waals surface area contributed by atoms with Crippen LogP contribution < -0.4 is 20.1 Å². The van der Waals surface area contributed by atoms with Crippen LogP contribution in [0.3, 0.4) is 0 Å². The lowest BCUT2D eigenvalue weighted by Crippen LogP contribution is -2.55. The van der Waals surface area contributed by atoms with Crippen LogP contribution in [0.25, 0.3) is 0 Å². The van der Waals surface area contributed by atoms with E-state index >= 15 is 0 Å². The van der Waals surface area contributed by atoms with Gasteiger partial charge in [0.2, 0.25) is 10.0 Å². The lowest BCUT2D eigenvalue weighted by molar-refractivity contribution is -0.135. The first-order valence-electron chi connectivity index (χ1n) is 10.5. The fourth-order valence-electron chi connectivity index (χ4n) is 4.56. The van der Waals surface area contributed by atoms with Gasteiger partial charge in [0, 0.05) is 30.5 Å². The van der Waals surface area contributed by atoms with Crippen LogP contribution in [0.1, 0.15) is 39.5 Å². The molecule has 3 atom stereocenters. The molecule has 0 spiro atoms. The van der Waals surface area contributed by atoms with Crippen molar-refractivity contribution in [2.45, 2.75) is 68.2 Å². The summed E-state index contributed by atoms with van der Waals surface area (Å²) in [6.45, 7) is 3.07.